The summed E-state index contributed by atoms with van der Waals surface area (Å²) in [6.45, 7) is 3.34. The highest BCUT2D eigenvalue weighted by Crippen LogP contribution is 2.26. The molecular weight excluding hydrogens is 280 g/mol. The summed E-state index contributed by atoms with van der Waals surface area (Å²) < 4.78 is 5.23. The molecule has 3 rings (SSSR count). The number of benzene rings is 1. The fourth-order valence-corrected chi connectivity index (χ4v) is 2.98. The topological polar surface area (TPSA) is 62.7 Å². The molecular formula is C17H20N2O3. The molecule has 0 saturated carbocycles. The Kier molecular flexibility index (Phi) is 3.98. The zero-order valence-electron chi connectivity index (χ0n) is 12.9. The summed E-state index contributed by atoms with van der Waals surface area (Å²) in [4.78, 5) is 19.1. The Bertz CT molecular complexity index is 714. The molecule has 2 heterocycles. The minimum Gasteiger partial charge on any atom is -0.497 e. The van der Waals surface area contributed by atoms with Crippen LogP contribution in [-0.4, -0.2) is 47.7 Å². The van der Waals surface area contributed by atoms with Gasteiger partial charge in [-0.3, -0.25) is 9.78 Å². The number of nitrogens with zero attached hydrogens (tertiary/aromatic N) is 2. The van der Waals surface area contributed by atoms with E-state index in [9.17, 15) is 9.90 Å². The number of carbonyl (C=O) groups is 1. The van der Waals surface area contributed by atoms with Gasteiger partial charge in [0.2, 0.25) is 0 Å². The van der Waals surface area contributed by atoms with Crippen molar-refractivity contribution >= 4 is 16.8 Å². The molecule has 0 aliphatic carbocycles. The summed E-state index contributed by atoms with van der Waals surface area (Å²) in [7, 11) is 1.61. The molecule has 0 bridgehead atoms. The second kappa shape index (κ2) is 5.93. The summed E-state index contributed by atoms with van der Waals surface area (Å²) >= 11 is 0. The van der Waals surface area contributed by atoms with Gasteiger partial charge in [-0.25, -0.2) is 0 Å². The molecule has 1 aromatic carbocycles. The quantitative estimate of drug-likeness (QED) is 0.942. The highest BCUT2D eigenvalue weighted by Gasteiger charge is 2.27. The summed E-state index contributed by atoms with van der Waals surface area (Å²) in [5.74, 6) is 0.931. The summed E-state index contributed by atoms with van der Waals surface area (Å²) in [6, 6.07) is 7.41. The molecule has 1 fully saturated rings. The van der Waals surface area contributed by atoms with Gasteiger partial charge in [-0.15, -0.1) is 0 Å². The maximum atomic E-state index is 12.8. The van der Waals surface area contributed by atoms with Crippen LogP contribution in [0.5, 0.6) is 5.75 Å². The van der Waals surface area contributed by atoms with Gasteiger partial charge < -0.3 is 14.7 Å². The monoisotopic (exact) mass is 300 g/mol. The molecule has 5 nitrogen and oxygen atoms in total. The molecule has 0 radical (unpaired) electrons. The van der Waals surface area contributed by atoms with Gasteiger partial charge in [-0.05, 0) is 31.5 Å². The Morgan fingerprint density at radius 3 is 2.95 bits per heavy atom. The number of hydrogen-bond donors (Lipinski definition) is 1. The molecule has 1 amide bonds. The van der Waals surface area contributed by atoms with Gasteiger partial charge in [0.05, 0.1) is 18.2 Å². The number of amides is 1. The predicted octanol–water partition coefficient (Wildman–Crippen LogP) is 2.01. The number of pyridine rings is 1. The Morgan fingerprint density at radius 2 is 2.27 bits per heavy atom. The lowest BCUT2D eigenvalue weighted by Crippen LogP contribution is -2.29. The first-order chi connectivity index (χ1) is 10.6. The lowest BCUT2D eigenvalue weighted by Gasteiger charge is -2.18. The lowest BCUT2D eigenvalue weighted by molar-refractivity contribution is 0.0783. The van der Waals surface area contributed by atoms with Gasteiger partial charge in [-0.2, -0.15) is 0 Å². The van der Waals surface area contributed by atoms with Gasteiger partial charge in [0, 0.05) is 42.8 Å². The van der Waals surface area contributed by atoms with Crippen LogP contribution in [0.1, 0.15) is 22.5 Å². The summed E-state index contributed by atoms with van der Waals surface area (Å²) in [5, 5.41) is 10.1. The Morgan fingerprint density at radius 1 is 1.45 bits per heavy atom. The Labute approximate surface area is 129 Å². The third-order valence-electron chi connectivity index (χ3n) is 4.21. The van der Waals surface area contributed by atoms with E-state index in [-0.39, 0.29) is 18.4 Å². The molecule has 1 saturated heterocycles. The standard InChI is InChI=1S/C17H20N2O3/c1-11-7-15(17(21)19-6-5-12(9-19)10-20)14-4-3-13(22-2)8-16(14)18-11/h3-4,7-8,12,20H,5-6,9-10H2,1-2H3. The highest BCUT2D eigenvalue weighted by atomic mass is 16.5. The second-order valence-electron chi connectivity index (χ2n) is 5.78. The van der Waals surface area contributed by atoms with Crippen LogP contribution in [0, 0.1) is 12.8 Å². The minimum absolute atomic E-state index is 0.0108. The van der Waals surface area contributed by atoms with Gasteiger partial charge in [0.15, 0.2) is 0 Å². The van der Waals surface area contributed by atoms with Crippen molar-refractivity contribution in [3.05, 3.63) is 35.5 Å². The van der Waals surface area contributed by atoms with Crippen molar-refractivity contribution < 1.29 is 14.6 Å². The molecule has 22 heavy (non-hydrogen) atoms. The van der Waals surface area contributed by atoms with Crippen LogP contribution in [-0.2, 0) is 0 Å². The van der Waals surface area contributed by atoms with Crippen LogP contribution in [0.4, 0.5) is 0 Å². The van der Waals surface area contributed by atoms with Crippen LogP contribution < -0.4 is 4.74 Å². The average Bonchev–Trinajstić information content (AvgIpc) is 3.01. The van der Waals surface area contributed by atoms with E-state index in [1.54, 1.807) is 7.11 Å². The predicted molar refractivity (Wildman–Crippen MR) is 84.1 cm³/mol. The molecule has 1 N–H and O–H groups in total. The molecule has 1 aliphatic rings. The molecule has 1 atom stereocenters. The molecule has 1 unspecified atom stereocenters. The molecule has 116 valence electrons. The number of methoxy groups -OCH3 is 1. The van der Waals surface area contributed by atoms with Crippen LogP contribution >= 0.6 is 0 Å². The lowest BCUT2D eigenvalue weighted by atomic mass is 10.1. The maximum absolute atomic E-state index is 12.8. The van der Waals surface area contributed by atoms with E-state index in [1.807, 2.05) is 36.1 Å². The Balaban J connectivity index is 2.01. The molecule has 1 aromatic heterocycles. The van der Waals surface area contributed by atoms with Crippen LogP contribution in [0.15, 0.2) is 24.3 Å². The van der Waals surface area contributed by atoms with E-state index in [0.29, 0.717) is 18.7 Å². The number of rotatable bonds is 3. The number of likely N-dealkylation sites (tertiary alicyclic amines) is 1. The number of carbonyl (C=O) groups excluding carboxylic acids is 1. The van der Waals surface area contributed by atoms with Gasteiger partial charge in [0.25, 0.3) is 5.91 Å². The van der Waals surface area contributed by atoms with Crippen LogP contribution in [0.2, 0.25) is 0 Å². The van der Waals surface area contributed by atoms with E-state index in [4.69, 9.17) is 4.74 Å². The van der Waals surface area contributed by atoms with Crippen LogP contribution in [0.3, 0.4) is 0 Å². The Hall–Kier alpha value is -2.14. The smallest absolute Gasteiger partial charge is 0.254 e. The molecule has 5 heteroatoms. The van der Waals surface area contributed by atoms with Gasteiger partial charge in [-0.1, -0.05) is 0 Å². The maximum Gasteiger partial charge on any atom is 0.254 e. The fourth-order valence-electron chi connectivity index (χ4n) is 2.98. The first-order valence-corrected chi connectivity index (χ1v) is 7.48. The molecule has 2 aromatic rings. The van der Waals surface area contributed by atoms with Crippen LogP contribution in [0.25, 0.3) is 10.9 Å². The minimum atomic E-state index is 0.0108. The number of hydrogen-bond acceptors (Lipinski definition) is 4. The summed E-state index contributed by atoms with van der Waals surface area (Å²) in [6.07, 6.45) is 0.859. The first kappa shape index (κ1) is 14.8. The molecule has 0 spiro atoms. The van der Waals surface area contributed by atoms with Crippen molar-refractivity contribution in [1.29, 1.82) is 0 Å². The van der Waals surface area contributed by atoms with Crippen molar-refractivity contribution in [1.82, 2.24) is 9.88 Å². The highest BCUT2D eigenvalue weighted by molar-refractivity contribution is 6.06. The van der Waals surface area contributed by atoms with Gasteiger partial charge >= 0.3 is 0 Å². The van der Waals surface area contributed by atoms with E-state index < -0.39 is 0 Å². The normalized spacial score (nSPS) is 18.0. The number of aromatic nitrogens is 1. The average molecular weight is 300 g/mol. The number of fused-ring (bicyclic) bond motifs is 1. The van der Waals surface area contributed by atoms with Crippen molar-refractivity contribution in [3.63, 3.8) is 0 Å². The second-order valence-corrected chi connectivity index (χ2v) is 5.78. The van der Waals surface area contributed by atoms with E-state index >= 15 is 0 Å². The number of aliphatic hydroxyl groups excluding tert-OH is 1. The summed E-state index contributed by atoms with van der Waals surface area (Å²) in [5.41, 5.74) is 2.24. The SMILES string of the molecule is COc1ccc2c(C(=O)N3CCC(CO)C3)cc(C)nc2c1. The number of aryl methyl sites for hydroxylation is 1. The largest absolute Gasteiger partial charge is 0.497 e. The fraction of sp³-hybridized carbons (Fsp3) is 0.412. The van der Waals surface area contributed by atoms with Crippen molar-refractivity contribution in [2.24, 2.45) is 5.92 Å². The van der Waals surface area contributed by atoms with Crippen molar-refractivity contribution in [2.75, 3.05) is 26.8 Å². The van der Waals surface area contributed by atoms with Crippen molar-refractivity contribution in [2.45, 2.75) is 13.3 Å². The van der Waals surface area contributed by atoms with Crippen molar-refractivity contribution in [3.8, 4) is 5.75 Å². The third kappa shape index (κ3) is 2.64. The zero-order chi connectivity index (χ0) is 15.7. The zero-order valence-corrected chi connectivity index (χ0v) is 12.9. The molecule has 1 aliphatic heterocycles. The first-order valence-electron chi connectivity index (χ1n) is 7.48. The van der Waals surface area contributed by atoms with E-state index in [2.05, 4.69) is 4.98 Å². The van der Waals surface area contributed by atoms with E-state index in [1.165, 1.54) is 0 Å². The van der Waals surface area contributed by atoms with E-state index in [0.717, 1.165) is 28.8 Å². The van der Waals surface area contributed by atoms with Gasteiger partial charge in [0.1, 0.15) is 5.75 Å². The third-order valence-corrected chi connectivity index (χ3v) is 4.21. The number of ether oxygens (including phenoxy) is 1. The number of aliphatic hydroxyl groups is 1.